The molecule has 0 aliphatic rings. The largest absolute Gasteiger partial charge is 0.806 e. The van der Waals surface area contributed by atoms with Crippen molar-refractivity contribution in [2.75, 3.05) is 30.0 Å². The van der Waals surface area contributed by atoms with Gasteiger partial charge < -0.3 is 21.1 Å². The van der Waals surface area contributed by atoms with E-state index in [1.165, 1.54) is 70.5 Å². The number of pyridine rings is 1. The van der Waals surface area contributed by atoms with Gasteiger partial charge in [-0.3, -0.25) is 9.36 Å². The van der Waals surface area contributed by atoms with Crippen molar-refractivity contribution in [1.29, 1.82) is 0 Å². The molecule has 71 heavy (non-hydrogen) atoms. The number of anilines is 3. The first-order valence-corrected chi connectivity index (χ1v) is 25.5. The highest BCUT2D eigenvalue weighted by Gasteiger charge is 2.25. The number of urea groups is 1. The monoisotopic (exact) mass is 1010 g/mol. The van der Waals surface area contributed by atoms with Gasteiger partial charge in [0.25, 0.3) is 16.0 Å². The predicted octanol–water partition coefficient (Wildman–Crippen LogP) is 8.87. The van der Waals surface area contributed by atoms with Crippen LogP contribution in [0.15, 0.2) is 148 Å². The minimum absolute atomic E-state index is 0.0163. The summed E-state index contributed by atoms with van der Waals surface area (Å²) in [6, 6.07) is 28.5. The van der Waals surface area contributed by atoms with Gasteiger partial charge in [-0.05, 0) is 98.2 Å². The van der Waals surface area contributed by atoms with Crippen molar-refractivity contribution in [2.45, 2.75) is 89.4 Å². The summed E-state index contributed by atoms with van der Waals surface area (Å²) in [7, 11) is -4.59. The zero-order valence-electron chi connectivity index (χ0n) is 41.2. The number of sulfonamides is 2. The van der Waals surface area contributed by atoms with E-state index in [4.69, 9.17) is 5.73 Å². The van der Waals surface area contributed by atoms with Gasteiger partial charge in [-0.2, -0.15) is 27.0 Å². The molecule has 16 nitrogen and oxygen atoms in total. The number of nitrogens with one attached hydrogen (secondary N) is 2. The molecular formula is C51H60F2N10O6S2. The number of nitrogens with two attached hydrogens (primary N) is 1. The van der Waals surface area contributed by atoms with Gasteiger partial charge in [0.15, 0.2) is 5.03 Å². The van der Waals surface area contributed by atoms with Crippen molar-refractivity contribution in [3.63, 3.8) is 0 Å². The molecule has 0 bridgehead atoms. The molecule has 0 saturated heterocycles. The Morgan fingerprint density at radius 2 is 1.15 bits per heavy atom. The van der Waals surface area contributed by atoms with Gasteiger partial charge in [0, 0.05) is 77.6 Å². The van der Waals surface area contributed by atoms with Crippen LogP contribution in [0.25, 0.3) is 22.3 Å². The number of aromatic nitrogens is 5. The molecule has 7 aromatic rings. The topological polar surface area (TPSA) is 214 Å². The standard InChI is InChI=1S/C22H25FN4O3S.C15H16FN.C14H19N5O3S/c1-14(2)18-12-17(23)13-19(16-8-6-5-7-9-16)21(18)24-22(28)26-31(29,30)20-10-11-27(25-20)15(3)4;1-10(2)13-8-12(16)9-14(15(13)17)11-6-4-3-5-7-11;1-11(2)19-10-7-13(15-19)23(21,22)16-14(20)18-8-5-12(6-9-18)17(3)4/h5-15H,1-4H3,(H2,24,26,28);3-10H,17H2,1-2H3;5-11H,1-4H3. The molecule has 0 fully saturated rings. The first-order chi connectivity index (χ1) is 33.4. The van der Waals surface area contributed by atoms with Gasteiger partial charge in [0.2, 0.25) is 5.03 Å². The number of rotatable bonds is 12. The van der Waals surface area contributed by atoms with Gasteiger partial charge in [-0.1, -0.05) is 88.4 Å². The van der Waals surface area contributed by atoms with Crippen molar-refractivity contribution in [3.05, 3.63) is 157 Å². The van der Waals surface area contributed by atoms with Gasteiger partial charge >= 0.3 is 16.1 Å². The molecule has 0 aliphatic carbocycles. The molecule has 3 aromatic heterocycles. The zero-order valence-corrected chi connectivity index (χ0v) is 42.9. The summed E-state index contributed by atoms with van der Waals surface area (Å²) in [6.45, 7) is 15.2. The first-order valence-electron chi connectivity index (χ1n) is 22.6. The molecule has 376 valence electrons. The van der Waals surface area contributed by atoms with Crippen LogP contribution in [-0.2, 0) is 20.0 Å². The SMILES string of the molecule is CC(C)c1cc(F)cc(-c2ccccc2)c1N.CC(C)c1cc(F)cc(-c2ccccc2)c1NC(=O)NS(=O)(=O)c1ccn(C(C)C)n1.CC(C)n1ccc(S(=O)(=O)N=C([O-])[n+]2ccc(N(C)C)cc2)n1. The van der Waals surface area contributed by atoms with Crippen LogP contribution in [0.2, 0.25) is 0 Å². The van der Waals surface area contributed by atoms with Gasteiger partial charge in [0.1, 0.15) is 11.6 Å². The summed E-state index contributed by atoms with van der Waals surface area (Å²) in [5, 5.41) is 22.1. The second-order valence-electron chi connectivity index (χ2n) is 17.6. The maximum atomic E-state index is 14.3. The van der Waals surface area contributed by atoms with Crippen molar-refractivity contribution < 1.29 is 40.1 Å². The van der Waals surface area contributed by atoms with E-state index in [1.807, 2.05) is 116 Å². The fourth-order valence-electron chi connectivity index (χ4n) is 6.89. The molecule has 0 radical (unpaired) electrons. The number of nitrogens with zero attached hydrogens (tertiary/aromatic N) is 7. The maximum absolute atomic E-state index is 14.3. The lowest BCUT2D eigenvalue weighted by Crippen LogP contribution is -2.51. The third-order valence-electron chi connectivity index (χ3n) is 10.7. The Morgan fingerprint density at radius 3 is 1.63 bits per heavy atom. The second-order valence-corrected chi connectivity index (χ2v) is 20.8. The number of benzene rings is 4. The van der Waals surface area contributed by atoms with Crippen LogP contribution in [0.5, 0.6) is 0 Å². The van der Waals surface area contributed by atoms with E-state index in [-0.39, 0.29) is 39.8 Å². The van der Waals surface area contributed by atoms with Crippen LogP contribution >= 0.6 is 0 Å². The predicted molar refractivity (Wildman–Crippen MR) is 272 cm³/mol. The number of carbonyl (C=O) groups is 1. The number of amides is 2. The van der Waals surface area contributed by atoms with Crippen LogP contribution in [0.4, 0.5) is 30.6 Å². The minimum atomic E-state index is -4.18. The average Bonchev–Trinajstić information content (AvgIpc) is 4.04. The fraction of sp³-hybridized carbons (Fsp3) is 0.275. The Hall–Kier alpha value is -7.45. The summed E-state index contributed by atoms with van der Waals surface area (Å²) in [5.74, 6) is -0.581. The van der Waals surface area contributed by atoms with Crippen LogP contribution in [0.3, 0.4) is 0 Å². The second kappa shape index (κ2) is 23.4. The van der Waals surface area contributed by atoms with Crippen LogP contribution < -0.4 is 30.3 Å². The van der Waals surface area contributed by atoms with Gasteiger partial charge in [-0.15, -0.1) is 0 Å². The molecule has 3 heterocycles. The number of hydrogen-bond donors (Lipinski definition) is 3. The molecule has 20 heteroatoms. The summed E-state index contributed by atoms with van der Waals surface area (Å²) < 4.78 is 86.7. The summed E-state index contributed by atoms with van der Waals surface area (Å²) in [4.78, 5) is 14.5. The summed E-state index contributed by atoms with van der Waals surface area (Å²) in [6.07, 6.45) is 5.99. The van der Waals surface area contributed by atoms with E-state index < -0.39 is 37.9 Å². The molecule has 0 saturated carbocycles. The number of carbonyl (C=O) groups excluding carboxylic acids is 1. The molecule has 2 amide bonds. The molecule has 4 aromatic carbocycles. The van der Waals surface area contributed by atoms with E-state index in [2.05, 4.69) is 19.9 Å². The Morgan fingerprint density at radius 1 is 0.690 bits per heavy atom. The lowest BCUT2D eigenvalue weighted by Gasteiger charge is -2.19. The van der Waals surface area contributed by atoms with Crippen LogP contribution in [0.1, 0.15) is 90.4 Å². The van der Waals surface area contributed by atoms with E-state index in [0.29, 0.717) is 28.1 Å². The molecular weight excluding hydrogens is 951 g/mol. The smallest absolute Gasteiger partial charge is 0.388 e. The first kappa shape index (κ1) is 54.5. The number of halogens is 2. The lowest BCUT2D eigenvalue weighted by molar-refractivity contribution is -0.613. The number of nitrogen functional groups attached to an aromatic ring is 1. The number of hydrogen-bond acceptors (Lipinski definition) is 10. The third kappa shape index (κ3) is 14.3. The fourth-order valence-corrected chi connectivity index (χ4v) is 8.56. The van der Waals surface area contributed by atoms with Crippen molar-refractivity contribution in [3.8, 4) is 22.3 Å². The average molecular weight is 1010 g/mol. The van der Waals surface area contributed by atoms with Crippen molar-refractivity contribution >= 4 is 49.2 Å². The Kier molecular flexibility index (Phi) is 18.0. The zero-order chi connectivity index (χ0) is 52.4. The van der Waals surface area contributed by atoms with Crippen LogP contribution in [-0.4, -0.2) is 62.5 Å². The highest BCUT2D eigenvalue weighted by Crippen LogP contribution is 2.36. The quantitative estimate of drug-likeness (QED) is 0.0458. The highest BCUT2D eigenvalue weighted by molar-refractivity contribution is 7.90. The molecule has 4 N–H and O–H groups in total. The molecule has 0 atom stereocenters. The van der Waals surface area contributed by atoms with Crippen LogP contribution in [0, 0.1) is 11.6 Å². The van der Waals surface area contributed by atoms with E-state index in [0.717, 1.165) is 26.9 Å². The van der Waals surface area contributed by atoms with Crippen molar-refractivity contribution in [2.24, 2.45) is 4.40 Å². The molecule has 0 spiro atoms. The summed E-state index contributed by atoms with van der Waals surface area (Å²) in [5.41, 5.74) is 12.3. The third-order valence-corrected chi connectivity index (χ3v) is 13.1. The normalized spacial score (nSPS) is 11.8. The lowest BCUT2D eigenvalue weighted by atomic mass is 9.94. The molecule has 7 rings (SSSR count). The van der Waals surface area contributed by atoms with E-state index in [9.17, 15) is 35.5 Å². The Balaban J connectivity index is 0.000000207. The Bertz CT molecular complexity index is 3180. The summed E-state index contributed by atoms with van der Waals surface area (Å²) >= 11 is 0. The van der Waals surface area contributed by atoms with E-state index in [1.54, 1.807) is 36.4 Å². The molecule has 0 unspecified atom stereocenters. The highest BCUT2D eigenvalue weighted by atomic mass is 32.2. The maximum Gasteiger partial charge on any atom is 0.388 e. The van der Waals surface area contributed by atoms with E-state index >= 15 is 0 Å². The van der Waals surface area contributed by atoms with Gasteiger partial charge in [0.05, 0.1) is 18.1 Å². The van der Waals surface area contributed by atoms with Crippen molar-refractivity contribution in [1.82, 2.24) is 24.3 Å². The Labute approximate surface area is 414 Å². The molecule has 0 aliphatic heterocycles. The van der Waals surface area contributed by atoms with Gasteiger partial charge in [-0.25, -0.2) is 22.9 Å². The minimum Gasteiger partial charge on any atom is -0.806 e.